The van der Waals surface area contributed by atoms with Crippen molar-refractivity contribution in [3.05, 3.63) is 18.2 Å². The number of nitrogens with zero attached hydrogens (tertiary/aromatic N) is 1. The van der Waals surface area contributed by atoms with Gasteiger partial charge in [-0.25, -0.2) is 0 Å². The van der Waals surface area contributed by atoms with Crippen molar-refractivity contribution < 1.29 is 14.3 Å². The van der Waals surface area contributed by atoms with Gasteiger partial charge in [0.1, 0.15) is 0 Å². The second kappa shape index (κ2) is 10.5. The molecule has 1 aromatic rings. The number of rotatable bonds is 8. The maximum atomic E-state index is 12.1. The number of nitrogens with one attached hydrogen (secondary N) is 1. The molecule has 0 spiro atoms. The molecule has 0 saturated carbocycles. The number of hydrogen-bond acceptors (Lipinski definition) is 5. The summed E-state index contributed by atoms with van der Waals surface area (Å²) in [5.41, 5.74) is 0.728. The number of anilines is 1. The first-order valence-corrected chi connectivity index (χ1v) is 9.70. The number of carbonyl (C=O) groups excluding carboxylic acids is 1. The van der Waals surface area contributed by atoms with E-state index in [-0.39, 0.29) is 5.91 Å². The number of ether oxygens (including phenoxy) is 2. The molecule has 1 aliphatic rings. The Morgan fingerprint density at radius 1 is 1.12 bits per heavy atom. The molecule has 1 aromatic carbocycles. The van der Waals surface area contributed by atoms with E-state index in [9.17, 15) is 4.79 Å². The van der Waals surface area contributed by atoms with Crippen LogP contribution in [0.5, 0.6) is 11.5 Å². The maximum Gasteiger partial charge on any atom is 0.234 e. The Labute approximate surface area is 149 Å². The van der Waals surface area contributed by atoms with Gasteiger partial charge in [0.05, 0.1) is 20.0 Å². The molecule has 1 amide bonds. The Morgan fingerprint density at radius 3 is 2.50 bits per heavy atom. The lowest BCUT2D eigenvalue weighted by atomic mass is 10.2. The molecule has 134 valence electrons. The minimum atomic E-state index is 0.0167. The average Bonchev–Trinajstić information content (AvgIpc) is 2.87. The van der Waals surface area contributed by atoms with E-state index in [1.807, 2.05) is 6.07 Å². The molecule has 0 aromatic heterocycles. The molecule has 0 bridgehead atoms. The number of thioether (sulfide) groups is 1. The fourth-order valence-electron chi connectivity index (χ4n) is 2.83. The van der Waals surface area contributed by atoms with Crippen molar-refractivity contribution in [1.29, 1.82) is 0 Å². The van der Waals surface area contributed by atoms with Crippen LogP contribution >= 0.6 is 11.8 Å². The second-order valence-electron chi connectivity index (χ2n) is 5.93. The van der Waals surface area contributed by atoms with Gasteiger partial charge < -0.3 is 19.7 Å². The molecule has 6 heteroatoms. The predicted octanol–water partition coefficient (Wildman–Crippen LogP) is 3.25. The minimum Gasteiger partial charge on any atom is -0.493 e. The molecular formula is C18H28N2O3S. The summed E-state index contributed by atoms with van der Waals surface area (Å²) < 4.78 is 10.4. The Morgan fingerprint density at radius 2 is 1.83 bits per heavy atom. The SMILES string of the molecule is COc1ccc(NC(=O)CSCCN2CCCCCC2)cc1OC. The lowest BCUT2D eigenvalue weighted by molar-refractivity contribution is -0.113. The number of methoxy groups -OCH3 is 2. The molecule has 0 aliphatic carbocycles. The number of hydrogen-bond donors (Lipinski definition) is 1. The van der Waals surface area contributed by atoms with Gasteiger partial charge >= 0.3 is 0 Å². The summed E-state index contributed by atoms with van der Waals surface area (Å²) in [5, 5.41) is 2.91. The van der Waals surface area contributed by atoms with Crippen LogP contribution in [0.2, 0.25) is 0 Å². The van der Waals surface area contributed by atoms with E-state index in [1.54, 1.807) is 38.1 Å². The summed E-state index contributed by atoms with van der Waals surface area (Å²) in [6.45, 7) is 3.49. The first-order chi connectivity index (χ1) is 11.7. The molecule has 2 rings (SSSR count). The smallest absolute Gasteiger partial charge is 0.234 e. The Bertz CT molecular complexity index is 517. The van der Waals surface area contributed by atoms with Crippen molar-refractivity contribution >= 4 is 23.4 Å². The van der Waals surface area contributed by atoms with Crippen molar-refractivity contribution in [2.45, 2.75) is 25.7 Å². The minimum absolute atomic E-state index is 0.0167. The highest BCUT2D eigenvalue weighted by Gasteiger charge is 2.10. The maximum absolute atomic E-state index is 12.1. The monoisotopic (exact) mass is 352 g/mol. The molecule has 1 aliphatic heterocycles. The number of benzene rings is 1. The molecule has 1 heterocycles. The highest BCUT2D eigenvalue weighted by Crippen LogP contribution is 2.29. The van der Waals surface area contributed by atoms with E-state index in [2.05, 4.69) is 10.2 Å². The number of likely N-dealkylation sites (tertiary alicyclic amines) is 1. The Balaban J connectivity index is 1.69. The normalized spacial score (nSPS) is 15.6. The highest BCUT2D eigenvalue weighted by atomic mass is 32.2. The molecule has 0 unspecified atom stereocenters. The summed E-state index contributed by atoms with van der Waals surface area (Å²) in [5.74, 6) is 2.76. The van der Waals surface area contributed by atoms with Gasteiger partial charge in [0.25, 0.3) is 0 Å². The first kappa shape index (κ1) is 18.9. The van der Waals surface area contributed by atoms with Crippen molar-refractivity contribution in [3.8, 4) is 11.5 Å². The van der Waals surface area contributed by atoms with Gasteiger partial charge in [0.15, 0.2) is 11.5 Å². The Hall–Kier alpha value is -1.40. The van der Waals surface area contributed by atoms with Gasteiger partial charge in [-0.05, 0) is 38.1 Å². The summed E-state index contributed by atoms with van der Waals surface area (Å²) in [7, 11) is 3.18. The number of carbonyl (C=O) groups is 1. The third-order valence-corrected chi connectivity index (χ3v) is 5.09. The lowest BCUT2D eigenvalue weighted by Gasteiger charge is -2.19. The van der Waals surface area contributed by atoms with E-state index in [4.69, 9.17) is 9.47 Å². The summed E-state index contributed by atoms with van der Waals surface area (Å²) in [6, 6.07) is 5.39. The van der Waals surface area contributed by atoms with Crippen LogP contribution in [0.3, 0.4) is 0 Å². The third-order valence-electron chi connectivity index (χ3n) is 4.15. The van der Waals surface area contributed by atoms with Crippen LogP contribution < -0.4 is 14.8 Å². The Kier molecular flexibility index (Phi) is 8.25. The first-order valence-electron chi connectivity index (χ1n) is 8.55. The summed E-state index contributed by atoms with van der Waals surface area (Å²) in [6.07, 6.45) is 5.34. The molecule has 0 radical (unpaired) electrons. The molecule has 1 fully saturated rings. The van der Waals surface area contributed by atoms with Crippen LogP contribution in [0.1, 0.15) is 25.7 Å². The zero-order valence-corrected chi connectivity index (χ0v) is 15.5. The van der Waals surface area contributed by atoms with Crippen LogP contribution in [0.15, 0.2) is 18.2 Å². The van der Waals surface area contributed by atoms with Crippen LogP contribution in [-0.2, 0) is 4.79 Å². The zero-order valence-electron chi connectivity index (χ0n) is 14.7. The van der Waals surface area contributed by atoms with Gasteiger partial charge in [-0.3, -0.25) is 4.79 Å². The molecule has 1 N–H and O–H groups in total. The predicted molar refractivity (Wildman–Crippen MR) is 100 cm³/mol. The lowest BCUT2D eigenvalue weighted by Crippen LogP contribution is -2.27. The van der Waals surface area contributed by atoms with Gasteiger partial charge in [-0.1, -0.05) is 12.8 Å². The van der Waals surface area contributed by atoms with Crippen molar-refractivity contribution in [2.75, 3.05) is 50.7 Å². The highest BCUT2D eigenvalue weighted by molar-refractivity contribution is 7.99. The molecule has 24 heavy (non-hydrogen) atoms. The zero-order chi connectivity index (χ0) is 17.2. The van der Waals surface area contributed by atoms with Gasteiger partial charge in [0.2, 0.25) is 5.91 Å². The fourth-order valence-corrected chi connectivity index (χ4v) is 3.62. The molecule has 1 saturated heterocycles. The summed E-state index contributed by atoms with van der Waals surface area (Å²) >= 11 is 1.69. The topological polar surface area (TPSA) is 50.8 Å². The molecular weight excluding hydrogens is 324 g/mol. The van der Waals surface area contributed by atoms with E-state index in [0.717, 1.165) is 18.0 Å². The van der Waals surface area contributed by atoms with Crippen molar-refractivity contribution in [3.63, 3.8) is 0 Å². The van der Waals surface area contributed by atoms with Crippen LogP contribution in [0, 0.1) is 0 Å². The van der Waals surface area contributed by atoms with Crippen LogP contribution in [0.25, 0.3) is 0 Å². The van der Waals surface area contributed by atoms with Crippen molar-refractivity contribution in [2.24, 2.45) is 0 Å². The van der Waals surface area contributed by atoms with E-state index < -0.39 is 0 Å². The number of amides is 1. The van der Waals surface area contributed by atoms with E-state index in [0.29, 0.717) is 17.3 Å². The van der Waals surface area contributed by atoms with Crippen LogP contribution in [0.4, 0.5) is 5.69 Å². The quantitative estimate of drug-likeness (QED) is 0.728. The third kappa shape index (κ3) is 6.24. The molecule has 0 atom stereocenters. The second-order valence-corrected chi connectivity index (χ2v) is 7.03. The fraction of sp³-hybridized carbons (Fsp3) is 0.611. The largest absolute Gasteiger partial charge is 0.493 e. The van der Waals surface area contributed by atoms with Crippen LogP contribution in [-0.4, -0.2) is 56.2 Å². The summed E-state index contributed by atoms with van der Waals surface area (Å²) in [4.78, 5) is 14.6. The van der Waals surface area contributed by atoms with Gasteiger partial charge in [-0.2, -0.15) is 11.8 Å². The van der Waals surface area contributed by atoms with E-state index >= 15 is 0 Å². The van der Waals surface area contributed by atoms with Gasteiger partial charge in [-0.15, -0.1) is 0 Å². The standard InChI is InChI=1S/C18H28N2O3S/c1-22-16-8-7-15(13-17(16)23-2)19-18(21)14-24-12-11-20-9-5-3-4-6-10-20/h7-8,13H,3-6,9-12,14H2,1-2H3,(H,19,21). The van der Waals surface area contributed by atoms with Crippen molar-refractivity contribution in [1.82, 2.24) is 4.90 Å². The molecule has 5 nitrogen and oxygen atoms in total. The van der Waals surface area contributed by atoms with Gasteiger partial charge in [0, 0.05) is 24.1 Å². The van der Waals surface area contributed by atoms with E-state index in [1.165, 1.54) is 38.8 Å². The average molecular weight is 353 g/mol.